The largest absolute Gasteiger partial charge is 0.309 e. The predicted molar refractivity (Wildman–Crippen MR) is 71.4 cm³/mol. The smallest absolute Gasteiger partial charge is 0.174 e. The molecule has 2 aromatic rings. The van der Waals surface area contributed by atoms with Crippen LogP contribution in [-0.4, -0.2) is 22.5 Å². The molecule has 2 rings (SSSR count). The van der Waals surface area contributed by atoms with Crippen molar-refractivity contribution in [1.29, 1.82) is 0 Å². The van der Waals surface area contributed by atoms with E-state index in [1.807, 2.05) is 0 Å². The summed E-state index contributed by atoms with van der Waals surface area (Å²) in [5.41, 5.74) is 1.77. The van der Waals surface area contributed by atoms with Crippen LogP contribution in [0.4, 0.5) is 0 Å². The summed E-state index contributed by atoms with van der Waals surface area (Å²) in [7, 11) is 0. The number of nitrogens with one attached hydrogen (secondary N) is 1. The third-order valence-electron chi connectivity index (χ3n) is 2.09. The molecule has 1 N–H and O–H groups in total. The van der Waals surface area contributed by atoms with Crippen LogP contribution in [0.15, 0.2) is 27.4 Å². The van der Waals surface area contributed by atoms with Gasteiger partial charge in [-0.1, -0.05) is 29.2 Å². The van der Waals surface area contributed by atoms with Crippen molar-refractivity contribution < 1.29 is 0 Å². The zero-order valence-electron chi connectivity index (χ0n) is 8.92. The van der Waals surface area contributed by atoms with Crippen LogP contribution >= 0.6 is 34.4 Å². The van der Waals surface area contributed by atoms with Crippen LogP contribution in [0.5, 0.6) is 0 Å². The predicted octanol–water partition coefficient (Wildman–Crippen LogP) is 3.04. The Morgan fingerprint density at radius 3 is 3.12 bits per heavy atom. The maximum atomic E-state index is 3.99. The second-order valence-corrected chi connectivity index (χ2v) is 6.40. The lowest BCUT2D eigenvalue weighted by atomic mass is 10.3. The summed E-state index contributed by atoms with van der Waals surface area (Å²) in [6.45, 7) is 3.19. The van der Waals surface area contributed by atoms with Gasteiger partial charge in [0.1, 0.15) is 5.51 Å². The van der Waals surface area contributed by atoms with Gasteiger partial charge in [-0.2, -0.15) is 0 Å². The van der Waals surface area contributed by atoms with Crippen LogP contribution in [0.25, 0.3) is 0 Å². The van der Waals surface area contributed by atoms with Gasteiger partial charge in [0.05, 0.1) is 0 Å². The second kappa shape index (κ2) is 6.34. The van der Waals surface area contributed by atoms with Crippen molar-refractivity contribution in [1.82, 2.24) is 15.5 Å². The van der Waals surface area contributed by atoms with Gasteiger partial charge < -0.3 is 5.32 Å². The standard InChI is InChI=1S/C10H13N3S3/c1-8(9-3-2-5-14-9)11-4-6-15-10-13-12-7-16-10/h2-3,5,7-8,11H,4,6H2,1H3. The highest BCUT2D eigenvalue weighted by Crippen LogP contribution is 2.20. The first-order chi connectivity index (χ1) is 7.86. The Morgan fingerprint density at radius 1 is 1.50 bits per heavy atom. The van der Waals surface area contributed by atoms with E-state index in [4.69, 9.17) is 0 Å². The summed E-state index contributed by atoms with van der Waals surface area (Å²) < 4.78 is 1.05. The van der Waals surface area contributed by atoms with Crippen molar-refractivity contribution in [2.24, 2.45) is 0 Å². The van der Waals surface area contributed by atoms with Crippen LogP contribution in [0.1, 0.15) is 17.8 Å². The lowest BCUT2D eigenvalue weighted by Crippen LogP contribution is -2.20. The zero-order chi connectivity index (χ0) is 11.2. The molecule has 0 saturated carbocycles. The Hall–Kier alpha value is -0.430. The van der Waals surface area contributed by atoms with Crippen molar-refractivity contribution in [3.8, 4) is 0 Å². The SMILES string of the molecule is CC(NCCSc1nncs1)c1cccs1. The quantitative estimate of drug-likeness (QED) is 0.647. The summed E-state index contributed by atoms with van der Waals surface area (Å²) in [6, 6.07) is 4.70. The molecular formula is C10H13N3S3. The molecule has 2 aromatic heterocycles. The van der Waals surface area contributed by atoms with E-state index in [2.05, 4.69) is 40.0 Å². The fourth-order valence-corrected chi connectivity index (χ4v) is 3.47. The molecule has 1 unspecified atom stereocenters. The molecule has 0 fully saturated rings. The van der Waals surface area contributed by atoms with Gasteiger partial charge in [-0.25, -0.2) is 0 Å². The zero-order valence-corrected chi connectivity index (χ0v) is 11.4. The van der Waals surface area contributed by atoms with Gasteiger partial charge in [0.25, 0.3) is 0 Å². The van der Waals surface area contributed by atoms with E-state index in [-0.39, 0.29) is 0 Å². The lowest BCUT2D eigenvalue weighted by molar-refractivity contribution is 0.610. The lowest BCUT2D eigenvalue weighted by Gasteiger charge is -2.10. The molecule has 0 bridgehead atoms. The highest BCUT2D eigenvalue weighted by atomic mass is 32.2. The van der Waals surface area contributed by atoms with Gasteiger partial charge in [-0.15, -0.1) is 21.5 Å². The molecule has 0 radical (unpaired) electrons. The number of hydrogen-bond acceptors (Lipinski definition) is 6. The fraction of sp³-hybridized carbons (Fsp3) is 0.400. The highest BCUT2D eigenvalue weighted by Gasteiger charge is 2.05. The first kappa shape index (κ1) is 12.0. The summed E-state index contributed by atoms with van der Waals surface area (Å²) in [6.07, 6.45) is 0. The van der Waals surface area contributed by atoms with Gasteiger partial charge in [-0.05, 0) is 18.4 Å². The molecule has 0 aliphatic rings. The number of thiophene rings is 1. The third-order valence-corrected chi connectivity index (χ3v) is 5.01. The average molecular weight is 271 g/mol. The fourth-order valence-electron chi connectivity index (χ4n) is 1.28. The average Bonchev–Trinajstić information content (AvgIpc) is 2.96. The minimum absolute atomic E-state index is 0.440. The van der Waals surface area contributed by atoms with Crippen molar-refractivity contribution in [3.05, 3.63) is 27.9 Å². The van der Waals surface area contributed by atoms with E-state index in [9.17, 15) is 0 Å². The molecule has 86 valence electrons. The number of aromatic nitrogens is 2. The Labute approximate surface area is 107 Å². The summed E-state index contributed by atoms with van der Waals surface area (Å²) in [5, 5.41) is 13.4. The first-order valence-corrected chi connectivity index (χ1v) is 7.76. The molecule has 1 atom stereocenters. The molecule has 0 amide bonds. The second-order valence-electron chi connectivity index (χ2n) is 3.24. The summed E-state index contributed by atoms with van der Waals surface area (Å²) in [4.78, 5) is 1.39. The van der Waals surface area contributed by atoms with Gasteiger partial charge in [0.15, 0.2) is 4.34 Å². The molecule has 2 heterocycles. The summed E-state index contributed by atoms with van der Waals surface area (Å²) >= 11 is 5.14. The molecule has 6 heteroatoms. The van der Waals surface area contributed by atoms with Crippen LogP contribution in [-0.2, 0) is 0 Å². The molecule has 0 aliphatic carbocycles. The van der Waals surface area contributed by atoms with Gasteiger partial charge in [0.2, 0.25) is 0 Å². The van der Waals surface area contributed by atoms with E-state index in [0.29, 0.717) is 6.04 Å². The van der Waals surface area contributed by atoms with Crippen LogP contribution < -0.4 is 5.32 Å². The number of thioether (sulfide) groups is 1. The van der Waals surface area contributed by atoms with E-state index in [1.54, 1.807) is 39.9 Å². The van der Waals surface area contributed by atoms with Crippen LogP contribution in [0, 0.1) is 0 Å². The maximum Gasteiger partial charge on any atom is 0.174 e. The molecule has 3 nitrogen and oxygen atoms in total. The van der Waals surface area contributed by atoms with Crippen molar-refractivity contribution in [3.63, 3.8) is 0 Å². The third kappa shape index (κ3) is 3.55. The molecule has 0 spiro atoms. The monoisotopic (exact) mass is 271 g/mol. The van der Waals surface area contributed by atoms with Gasteiger partial charge >= 0.3 is 0 Å². The maximum absolute atomic E-state index is 3.99. The Bertz CT molecular complexity index is 385. The van der Waals surface area contributed by atoms with Crippen LogP contribution in [0.3, 0.4) is 0 Å². The normalized spacial score (nSPS) is 12.8. The van der Waals surface area contributed by atoms with E-state index in [1.165, 1.54) is 4.88 Å². The van der Waals surface area contributed by atoms with E-state index < -0.39 is 0 Å². The summed E-state index contributed by atoms with van der Waals surface area (Å²) in [5.74, 6) is 1.03. The topological polar surface area (TPSA) is 37.8 Å². The molecular weight excluding hydrogens is 258 g/mol. The van der Waals surface area contributed by atoms with E-state index >= 15 is 0 Å². The van der Waals surface area contributed by atoms with Crippen molar-refractivity contribution in [2.75, 3.05) is 12.3 Å². The van der Waals surface area contributed by atoms with E-state index in [0.717, 1.165) is 16.6 Å². The first-order valence-electron chi connectivity index (χ1n) is 5.02. The number of nitrogens with zero attached hydrogens (tertiary/aromatic N) is 2. The number of rotatable bonds is 6. The number of hydrogen-bond donors (Lipinski definition) is 1. The molecule has 16 heavy (non-hydrogen) atoms. The minimum Gasteiger partial charge on any atom is -0.309 e. The Balaban J connectivity index is 1.65. The van der Waals surface area contributed by atoms with Gasteiger partial charge in [0, 0.05) is 23.2 Å². The molecule has 0 aliphatic heterocycles. The molecule has 0 aromatic carbocycles. The van der Waals surface area contributed by atoms with Crippen LogP contribution in [0.2, 0.25) is 0 Å². The Kier molecular flexibility index (Phi) is 4.77. The molecule has 0 saturated heterocycles. The van der Waals surface area contributed by atoms with Gasteiger partial charge in [-0.3, -0.25) is 0 Å². The highest BCUT2D eigenvalue weighted by molar-refractivity contribution is 8.01. The van der Waals surface area contributed by atoms with Crippen molar-refractivity contribution >= 4 is 34.4 Å². The Morgan fingerprint density at radius 2 is 2.44 bits per heavy atom. The minimum atomic E-state index is 0.440. The van der Waals surface area contributed by atoms with Crippen molar-refractivity contribution in [2.45, 2.75) is 17.3 Å².